The Balaban J connectivity index is 2.24. The predicted octanol–water partition coefficient (Wildman–Crippen LogP) is 2.85. The van der Waals surface area contributed by atoms with Gasteiger partial charge in [-0.05, 0) is 37.3 Å². The third-order valence-electron chi connectivity index (χ3n) is 4.66. The van der Waals surface area contributed by atoms with E-state index in [1.165, 1.54) is 22.3 Å². The highest BCUT2D eigenvalue weighted by molar-refractivity contribution is 7.08. The number of hydrogen-bond acceptors (Lipinski definition) is 5. The first-order chi connectivity index (χ1) is 12.4. The van der Waals surface area contributed by atoms with Gasteiger partial charge in [0.1, 0.15) is 11.5 Å². The monoisotopic (exact) mass is 374 g/mol. The van der Waals surface area contributed by atoms with Crippen LogP contribution in [0.1, 0.15) is 49.5 Å². The molecule has 26 heavy (non-hydrogen) atoms. The van der Waals surface area contributed by atoms with Gasteiger partial charge in [-0.15, -0.1) is 0 Å². The number of pyridine rings is 1. The van der Waals surface area contributed by atoms with E-state index in [2.05, 4.69) is 5.32 Å². The van der Waals surface area contributed by atoms with E-state index in [1.807, 2.05) is 30.7 Å². The van der Waals surface area contributed by atoms with Crippen LogP contribution in [0.25, 0.3) is 0 Å². The summed E-state index contributed by atoms with van der Waals surface area (Å²) in [5.74, 6) is -0.384. The van der Waals surface area contributed by atoms with Crippen molar-refractivity contribution in [3.63, 3.8) is 0 Å². The van der Waals surface area contributed by atoms with Gasteiger partial charge in [0.15, 0.2) is 0 Å². The molecular formula is C18H22N4O3S. The fraction of sp³-hybridized carbons (Fsp3) is 0.389. The highest BCUT2D eigenvalue weighted by atomic mass is 32.1. The van der Waals surface area contributed by atoms with Gasteiger partial charge in [0.05, 0.1) is 11.3 Å². The van der Waals surface area contributed by atoms with E-state index in [0.29, 0.717) is 31.6 Å². The van der Waals surface area contributed by atoms with Crippen LogP contribution in [-0.4, -0.2) is 22.9 Å². The Bertz CT molecular complexity index is 889. The van der Waals surface area contributed by atoms with Gasteiger partial charge in [-0.2, -0.15) is 11.3 Å². The summed E-state index contributed by atoms with van der Waals surface area (Å²) < 4.78 is 1.54. The molecule has 1 unspecified atom stereocenters. The standard InChI is InChI=1S/C18H22N4O3S/c1-3-11(2)22-17(20-12-6-8-26-10-12)13(16(19)24)9-14(18(22)25)21-7-4-5-15(21)23/h6,8-11,20H,3-5,7H2,1-2H3,(H2,19,24). The third kappa shape index (κ3) is 3.24. The van der Waals surface area contributed by atoms with Gasteiger partial charge in [-0.1, -0.05) is 6.92 Å². The van der Waals surface area contributed by atoms with Crippen LogP contribution in [0.3, 0.4) is 0 Å². The number of amides is 2. The first kappa shape index (κ1) is 18.2. The normalized spacial score (nSPS) is 15.3. The zero-order valence-electron chi connectivity index (χ0n) is 14.8. The zero-order chi connectivity index (χ0) is 18.8. The van der Waals surface area contributed by atoms with E-state index in [9.17, 15) is 14.4 Å². The molecule has 0 radical (unpaired) electrons. The van der Waals surface area contributed by atoms with Crippen LogP contribution in [0.4, 0.5) is 17.2 Å². The van der Waals surface area contributed by atoms with Gasteiger partial charge in [0.2, 0.25) is 5.91 Å². The van der Waals surface area contributed by atoms with Gasteiger partial charge in [0.25, 0.3) is 11.5 Å². The molecule has 1 saturated heterocycles. The van der Waals surface area contributed by atoms with Crippen molar-refractivity contribution in [2.24, 2.45) is 5.73 Å². The minimum atomic E-state index is -0.646. The number of nitrogens with zero attached hydrogens (tertiary/aromatic N) is 2. The summed E-state index contributed by atoms with van der Waals surface area (Å²) in [4.78, 5) is 39.0. The van der Waals surface area contributed by atoms with Gasteiger partial charge in [0, 0.05) is 24.4 Å². The smallest absolute Gasteiger partial charge is 0.276 e. The molecule has 0 aromatic carbocycles. The number of primary amides is 1. The number of nitrogens with two attached hydrogens (primary N) is 1. The Hall–Kier alpha value is -2.61. The van der Waals surface area contributed by atoms with E-state index in [1.54, 1.807) is 4.57 Å². The SMILES string of the molecule is CCC(C)n1c(Nc2ccsc2)c(C(N)=O)cc(N2CCCC2=O)c1=O. The lowest BCUT2D eigenvalue weighted by molar-refractivity contribution is -0.117. The third-order valence-corrected chi connectivity index (χ3v) is 5.34. The van der Waals surface area contributed by atoms with Crippen molar-refractivity contribution in [1.29, 1.82) is 0 Å². The van der Waals surface area contributed by atoms with Gasteiger partial charge in [-0.3, -0.25) is 19.0 Å². The Labute approximate surface area is 155 Å². The lowest BCUT2D eigenvalue weighted by Gasteiger charge is -2.25. The van der Waals surface area contributed by atoms with Crippen LogP contribution < -0.4 is 21.5 Å². The van der Waals surface area contributed by atoms with E-state index in [0.717, 1.165) is 5.69 Å². The van der Waals surface area contributed by atoms with Crippen molar-refractivity contribution in [2.75, 3.05) is 16.8 Å². The molecular weight excluding hydrogens is 352 g/mol. The number of rotatable bonds is 6. The molecule has 0 aliphatic carbocycles. The molecule has 0 saturated carbocycles. The topological polar surface area (TPSA) is 97.4 Å². The summed E-state index contributed by atoms with van der Waals surface area (Å²) >= 11 is 1.50. The van der Waals surface area contributed by atoms with Crippen LogP contribution in [0.15, 0.2) is 27.7 Å². The molecule has 0 spiro atoms. The number of carbonyl (C=O) groups is 2. The second kappa shape index (κ2) is 7.33. The van der Waals surface area contributed by atoms with E-state index in [4.69, 9.17) is 5.73 Å². The Morgan fingerprint density at radius 2 is 2.19 bits per heavy atom. The molecule has 2 aromatic rings. The first-order valence-corrected chi connectivity index (χ1v) is 9.57. The van der Waals surface area contributed by atoms with Crippen LogP contribution in [0.2, 0.25) is 0 Å². The number of hydrogen-bond donors (Lipinski definition) is 2. The van der Waals surface area contributed by atoms with Crippen molar-refractivity contribution in [1.82, 2.24) is 4.57 Å². The van der Waals surface area contributed by atoms with Crippen molar-refractivity contribution in [3.8, 4) is 0 Å². The summed E-state index contributed by atoms with van der Waals surface area (Å²) in [5, 5.41) is 6.94. The Morgan fingerprint density at radius 1 is 1.42 bits per heavy atom. The Kier molecular flexibility index (Phi) is 5.13. The summed E-state index contributed by atoms with van der Waals surface area (Å²) in [6.45, 7) is 4.34. The van der Waals surface area contributed by atoms with E-state index in [-0.39, 0.29) is 28.8 Å². The van der Waals surface area contributed by atoms with Gasteiger partial charge >= 0.3 is 0 Å². The van der Waals surface area contributed by atoms with E-state index < -0.39 is 5.91 Å². The first-order valence-electron chi connectivity index (χ1n) is 8.63. The second-order valence-electron chi connectivity index (χ2n) is 6.37. The maximum absolute atomic E-state index is 13.2. The number of nitrogens with one attached hydrogen (secondary N) is 1. The van der Waals surface area contributed by atoms with Crippen LogP contribution >= 0.6 is 11.3 Å². The molecule has 138 valence electrons. The number of anilines is 3. The molecule has 1 aliphatic rings. The second-order valence-corrected chi connectivity index (χ2v) is 7.15. The average molecular weight is 374 g/mol. The summed E-state index contributed by atoms with van der Waals surface area (Å²) in [6, 6.07) is 3.14. The minimum absolute atomic E-state index is 0.105. The molecule has 1 fully saturated rings. The summed E-state index contributed by atoms with van der Waals surface area (Å²) in [5.41, 5.74) is 6.51. The average Bonchev–Trinajstić information content (AvgIpc) is 3.26. The number of thiophene rings is 1. The molecule has 3 rings (SSSR count). The molecule has 0 bridgehead atoms. The van der Waals surface area contributed by atoms with E-state index >= 15 is 0 Å². The van der Waals surface area contributed by atoms with Crippen molar-refractivity contribution < 1.29 is 9.59 Å². The molecule has 8 heteroatoms. The summed E-state index contributed by atoms with van der Waals surface area (Å²) in [7, 11) is 0. The highest BCUT2D eigenvalue weighted by Crippen LogP contribution is 2.29. The van der Waals surface area contributed by atoms with Crippen LogP contribution in [0.5, 0.6) is 0 Å². The Morgan fingerprint density at radius 3 is 2.73 bits per heavy atom. The fourth-order valence-electron chi connectivity index (χ4n) is 3.11. The minimum Gasteiger partial charge on any atom is -0.365 e. The van der Waals surface area contributed by atoms with Crippen molar-refractivity contribution in [3.05, 3.63) is 38.8 Å². The lowest BCUT2D eigenvalue weighted by Crippen LogP contribution is -2.36. The molecule has 1 aliphatic heterocycles. The zero-order valence-corrected chi connectivity index (χ0v) is 15.6. The summed E-state index contributed by atoms with van der Waals surface area (Å²) in [6.07, 6.45) is 1.79. The molecule has 2 amide bonds. The number of carbonyl (C=O) groups excluding carboxylic acids is 2. The van der Waals surface area contributed by atoms with Gasteiger partial charge in [-0.25, -0.2) is 0 Å². The molecule has 7 nitrogen and oxygen atoms in total. The predicted molar refractivity (Wildman–Crippen MR) is 103 cm³/mol. The molecule has 3 N–H and O–H groups in total. The van der Waals surface area contributed by atoms with Crippen molar-refractivity contribution in [2.45, 2.75) is 39.2 Å². The molecule has 1 atom stereocenters. The van der Waals surface area contributed by atoms with Crippen LogP contribution in [0, 0.1) is 0 Å². The maximum atomic E-state index is 13.2. The quantitative estimate of drug-likeness (QED) is 0.812. The number of aromatic nitrogens is 1. The fourth-order valence-corrected chi connectivity index (χ4v) is 3.70. The molecule has 3 heterocycles. The van der Waals surface area contributed by atoms with Gasteiger partial charge < -0.3 is 16.0 Å². The molecule has 2 aromatic heterocycles. The maximum Gasteiger partial charge on any atom is 0.276 e. The van der Waals surface area contributed by atoms with Crippen molar-refractivity contribution >= 4 is 40.3 Å². The highest BCUT2D eigenvalue weighted by Gasteiger charge is 2.29. The largest absolute Gasteiger partial charge is 0.365 e. The lowest BCUT2D eigenvalue weighted by atomic mass is 10.1. The van der Waals surface area contributed by atoms with Crippen LogP contribution in [-0.2, 0) is 4.79 Å².